The fourth-order valence-corrected chi connectivity index (χ4v) is 1.72. The van der Waals surface area contributed by atoms with Gasteiger partial charge in [0, 0.05) is 0 Å². The standard InChI is InChI=1S/C12H10ClF3O4/c1-3-20-11(18)10(17)9-7(13)4-6(12(14,15)16)5-8(9)19-2/h4-5H,3H2,1-2H3. The number of alkyl halides is 3. The van der Waals surface area contributed by atoms with E-state index in [1.54, 1.807) is 0 Å². The zero-order valence-corrected chi connectivity index (χ0v) is 11.3. The summed E-state index contributed by atoms with van der Waals surface area (Å²) < 4.78 is 47.0. The van der Waals surface area contributed by atoms with Gasteiger partial charge in [-0.3, -0.25) is 4.79 Å². The van der Waals surface area contributed by atoms with Crippen molar-refractivity contribution in [1.29, 1.82) is 0 Å². The minimum Gasteiger partial charge on any atom is -0.496 e. The molecule has 0 heterocycles. The van der Waals surface area contributed by atoms with Crippen molar-refractivity contribution in [2.24, 2.45) is 0 Å². The zero-order valence-electron chi connectivity index (χ0n) is 10.5. The first kappa shape index (κ1) is 16.3. The van der Waals surface area contributed by atoms with Gasteiger partial charge in [-0.2, -0.15) is 13.2 Å². The number of halogens is 4. The molecular weight excluding hydrogens is 301 g/mol. The van der Waals surface area contributed by atoms with Crippen LogP contribution in [0.3, 0.4) is 0 Å². The maximum absolute atomic E-state index is 12.6. The molecule has 0 bridgehead atoms. The summed E-state index contributed by atoms with van der Waals surface area (Å²) in [6, 6.07) is 1.15. The molecule has 1 rings (SSSR count). The van der Waals surface area contributed by atoms with Crippen LogP contribution in [0.25, 0.3) is 0 Å². The molecule has 1 aromatic carbocycles. The molecule has 0 aliphatic heterocycles. The molecule has 4 nitrogen and oxygen atoms in total. The molecule has 0 aliphatic carbocycles. The van der Waals surface area contributed by atoms with E-state index in [1.807, 2.05) is 0 Å². The molecule has 0 saturated heterocycles. The van der Waals surface area contributed by atoms with Crippen molar-refractivity contribution < 1.29 is 32.2 Å². The van der Waals surface area contributed by atoms with Crippen molar-refractivity contribution in [2.45, 2.75) is 13.1 Å². The lowest BCUT2D eigenvalue weighted by Crippen LogP contribution is -2.19. The second-order valence-electron chi connectivity index (χ2n) is 3.58. The Morgan fingerprint density at radius 1 is 1.30 bits per heavy atom. The molecule has 0 unspecified atom stereocenters. The Bertz CT molecular complexity index is 540. The lowest BCUT2D eigenvalue weighted by molar-refractivity contribution is -0.138. The van der Waals surface area contributed by atoms with Gasteiger partial charge < -0.3 is 9.47 Å². The van der Waals surface area contributed by atoms with Gasteiger partial charge in [0.05, 0.1) is 29.9 Å². The summed E-state index contributed by atoms with van der Waals surface area (Å²) >= 11 is 5.65. The molecule has 0 radical (unpaired) electrons. The van der Waals surface area contributed by atoms with Crippen LogP contribution in [0, 0.1) is 0 Å². The predicted molar refractivity (Wildman–Crippen MR) is 64.0 cm³/mol. The molecule has 8 heteroatoms. The third-order valence-electron chi connectivity index (χ3n) is 2.29. The second-order valence-corrected chi connectivity index (χ2v) is 3.99. The van der Waals surface area contributed by atoms with Crippen molar-refractivity contribution in [3.63, 3.8) is 0 Å². The molecule has 0 atom stereocenters. The molecule has 110 valence electrons. The number of hydrogen-bond acceptors (Lipinski definition) is 4. The van der Waals surface area contributed by atoms with Crippen LogP contribution in [0.1, 0.15) is 22.8 Å². The molecule has 0 fully saturated rings. The number of esters is 1. The van der Waals surface area contributed by atoms with E-state index >= 15 is 0 Å². The number of benzene rings is 1. The number of carbonyl (C=O) groups excluding carboxylic acids is 2. The highest BCUT2D eigenvalue weighted by atomic mass is 35.5. The quantitative estimate of drug-likeness (QED) is 0.487. The molecule has 0 N–H and O–H groups in total. The third kappa shape index (κ3) is 3.41. The van der Waals surface area contributed by atoms with Crippen molar-refractivity contribution in [1.82, 2.24) is 0 Å². The van der Waals surface area contributed by atoms with E-state index < -0.39 is 39.8 Å². The van der Waals surface area contributed by atoms with Crippen LogP contribution in [-0.4, -0.2) is 25.5 Å². The summed E-state index contributed by atoms with van der Waals surface area (Å²) in [5.74, 6) is -2.82. The smallest absolute Gasteiger partial charge is 0.416 e. The average molecular weight is 311 g/mol. The molecule has 0 aliphatic rings. The lowest BCUT2D eigenvalue weighted by atomic mass is 10.1. The number of Topliss-reactive ketones (excluding diaryl/α,β-unsaturated/α-hetero) is 1. The summed E-state index contributed by atoms with van der Waals surface area (Å²) in [7, 11) is 1.06. The largest absolute Gasteiger partial charge is 0.496 e. The van der Waals surface area contributed by atoms with Crippen LogP contribution in [0.5, 0.6) is 5.75 Å². The minimum absolute atomic E-state index is 0.0505. The first-order valence-corrected chi connectivity index (χ1v) is 5.76. The van der Waals surface area contributed by atoms with E-state index in [0.717, 1.165) is 7.11 Å². The van der Waals surface area contributed by atoms with Crippen LogP contribution < -0.4 is 4.74 Å². The Labute approximate surface area is 117 Å². The highest BCUT2D eigenvalue weighted by Gasteiger charge is 2.34. The van der Waals surface area contributed by atoms with E-state index in [4.69, 9.17) is 16.3 Å². The van der Waals surface area contributed by atoms with Gasteiger partial charge in [0.15, 0.2) is 0 Å². The Morgan fingerprint density at radius 2 is 1.90 bits per heavy atom. The number of rotatable bonds is 4. The van der Waals surface area contributed by atoms with Gasteiger partial charge in [0.2, 0.25) is 0 Å². The van der Waals surface area contributed by atoms with Crippen LogP contribution in [-0.2, 0) is 15.7 Å². The predicted octanol–water partition coefficient (Wildman–Crippen LogP) is 3.11. The van der Waals surface area contributed by atoms with Crippen LogP contribution in [0.4, 0.5) is 13.2 Å². The first-order chi connectivity index (χ1) is 9.22. The summed E-state index contributed by atoms with van der Waals surface area (Å²) in [6.45, 7) is 1.43. The highest BCUT2D eigenvalue weighted by Crippen LogP contribution is 2.37. The summed E-state index contributed by atoms with van der Waals surface area (Å²) in [5, 5.41) is -0.533. The van der Waals surface area contributed by atoms with E-state index in [0.29, 0.717) is 12.1 Å². The highest BCUT2D eigenvalue weighted by molar-refractivity contribution is 6.46. The van der Waals surface area contributed by atoms with Crippen LogP contribution in [0.2, 0.25) is 5.02 Å². The first-order valence-electron chi connectivity index (χ1n) is 5.38. The fraction of sp³-hybridized carbons (Fsp3) is 0.333. The van der Waals surface area contributed by atoms with E-state index in [1.165, 1.54) is 6.92 Å². The normalized spacial score (nSPS) is 11.1. The minimum atomic E-state index is -4.65. The molecular formula is C12H10ClF3O4. The van der Waals surface area contributed by atoms with Crippen LogP contribution in [0.15, 0.2) is 12.1 Å². The summed E-state index contributed by atoms with van der Waals surface area (Å²) in [4.78, 5) is 23.1. The van der Waals surface area contributed by atoms with Gasteiger partial charge >= 0.3 is 12.1 Å². The zero-order chi connectivity index (χ0) is 15.5. The van der Waals surface area contributed by atoms with Gasteiger partial charge in [0.1, 0.15) is 5.75 Å². The summed E-state index contributed by atoms with van der Waals surface area (Å²) in [5.41, 5.74) is -1.54. The van der Waals surface area contributed by atoms with Crippen molar-refractivity contribution >= 4 is 23.4 Å². The van der Waals surface area contributed by atoms with Crippen molar-refractivity contribution in [3.8, 4) is 5.75 Å². The van der Waals surface area contributed by atoms with Gasteiger partial charge in [-0.05, 0) is 19.1 Å². The van der Waals surface area contributed by atoms with Gasteiger partial charge in [-0.25, -0.2) is 4.79 Å². The van der Waals surface area contributed by atoms with E-state index in [2.05, 4.69) is 4.74 Å². The molecule has 1 aromatic rings. The Morgan fingerprint density at radius 3 is 2.35 bits per heavy atom. The molecule has 0 spiro atoms. The van der Waals surface area contributed by atoms with Crippen molar-refractivity contribution in [2.75, 3.05) is 13.7 Å². The molecule has 20 heavy (non-hydrogen) atoms. The van der Waals surface area contributed by atoms with Crippen LogP contribution >= 0.6 is 11.6 Å². The second kappa shape index (κ2) is 6.13. The fourth-order valence-electron chi connectivity index (χ4n) is 1.43. The average Bonchev–Trinajstić information content (AvgIpc) is 2.36. The lowest BCUT2D eigenvalue weighted by Gasteiger charge is -2.13. The molecule has 0 aromatic heterocycles. The topological polar surface area (TPSA) is 52.6 Å². The van der Waals surface area contributed by atoms with E-state index in [-0.39, 0.29) is 6.61 Å². The number of carbonyl (C=O) groups is 2. The van der Waals surface area contributed by atoms with Gasteiger partial charge in [-0.15, -0.1) is 0 Å². The SMILES string of the molecule is CCOC(=O)C(=O)c1c(Cl)cc(C(F)(F)F)cc1OC. The maximum Gasteiger partial charge on any atom is 0.416 e. The van der Waals surface area contributed by atoms with E-state index in [9.17, 15) is 22.8 Å². The summed E-state index contributed by atoms with van der Waals surface area (Å²) in [6.07, 6.45) is -4.65. The molecule has 0 saturated carbocycles. The molecule has 0 amide bonds. The Balaban J connectivity index is 3.34. The number of methoxy groups -OCH3 is 1. The van der Waals surface area contributed by atoms with Gasteiger partial charge in [0.25, 0.3) is 5.78 Å². The van der Waals surface area contributed by atoms with Crippen molar-refractivity contribution in [3.05, 3.63) is 28.3 Å². The number of ether oxygens (including phenoxy) is 2. The monoisotopic (exact) mass is 310 g/mol. The number of hydrogen-bond donors (Lipinski definition) is 0. The Hall–Kier alpha value is -1.76. The third-order valence-corrected chi connectivity index (χ3v) is 2.59. The Kier molecular flexibility index (Phi) is 4.99. The maximum atomic E-state index is 12.6. The van der Waals surface area contributed by atoms with Gasteiger partial charge in [-0.1, -0.05) is 11.6 Å². The number of ketones is 1.